The van der Waals surface area contributed by atoms with Crippen LogP contribution in [0.15, 0.2) is 28.7 Å². The van der Waals surface area contributed by atoms with Crippen molar-refractivity contribution in [3.8, 4) is 0 Å². The van der Waals surface area contributed by atoms with Crippen LogP contribution in [0.3, 0.4) is 0 Å². The smallest absolute Gasteiger partial charge is 0.0344 e. The van der Waals surface area contributed by atoms with E-state index >= 15 is 0 Å². The van der Waals surface area contributed by atoms with Crippen LogP contribution in [0.2, 0.25) is 0 Å². The van der Waals surface area contributed by atoms with Crippen LogP contribution in [0.5, 0.6) is 0 Å². The van der Waals surface area contributed by atoms with E-state index in [9.17, 15) is 0 Å². The lowest BCUT2D eigenvalue weighted by atomic mass is 9.84. The first-order valence-electron chi connectivity index (χ1n) is 7.62. The third-order valence-electron chi connectivity index (χ3n) is 4.57. The second kappa shape index (κ2) is 6.59. The molecule has 3 unspecified atom stereocenters. The molecule has 1 fully saturated rings. The van der Waals surface area contributed by atoms with Crippen molar-refractivity contribution in [1.82, 2.24) is 4.90 Å². The van der Waals surface area contributed by atoms with Gasteiger partial charge in [0.25, 0.3) is 0 Å². The lowest BCUT2D eigenvalue weighted by molar-refractivity contribution is 0.0399. The van der Waals surface area contributed by atoms with E-state index in [0.29, 0.717) is 6.54 Å². The van der Waals surface area contributed by atoms with Crippen LogP contribution in [0.25, 0.3) is 0 Å². The molecule has 2 rings (SSSR count). The quantitative estimate of drug-likeness (QED) is 0.907. The Balaban J connectivity index is 2.13. The van der Waals surface area contributed by atoms with Gasteiger partial charge in [0.05, 0.1) is 0 Å². The van der Waals surface area contributed by atoms with Crippen LogP contribution in [-0.4, -0.2) is 30.1 Å². The number of piperidine rings is 1. The van der Waals surface area contributed by atoms with Gasteiger partial charge in [0.1, 0.15) is 0 Å². The molecule has 1 saturated heterocycles. The first kappa shape index (κ1) is 16.0. The number of benzene rings is 1. The maximum absolute atomic E-state index is 6.16. The van der Waals surface area contributed by atoms with Crippen molar-refractivity contribution in [2.24, 2.45) is 17.6 Å². The molecular formula is C17H27BrN2. The highest BCUT2D eigenvalue weighted by Crippen LogP contribution is 2.29. The molecule has 0 spiro atoms. The van der Waals surface area contributed by atoms with Crippen LogP contribution in [0.4, 0.5) is 0 Å². The van der Waals surface area contributed by atoms with Crippen molar-refractivity contribution in [3.63, 3.8) is 0 Å². The Morgan fingerprint density at radius 2 is 1.75 bits per heavy atom. The SMILES string of the molecule is CC1CC(C)CN(C(C)(CN)Cc2ccc(Br)cc2)C1. The van der Waals surface area contributed by atoms with Gasteiger partial charge in [-0.15, -0.1) is 0 Å². The Morgan fingerprint density at radius 1 is 1.20 bits per heavy atom. The molecule has 112 valence electrons. The second-order valence-corrected chi connectivity index (χ2v) is 7.77. The molecule has 1 aliphatic heterocycles. The van der Waals surface area contributed by atoms with Gasteiger partial charge in [-0.2, -0.15) is 0 Å². The number of hydrogen-bond donors (Lipinski definition) is 1. The fourth-order valence-electron chi connectivity index (χ4n) is 3.46. The van der Waals surface area contributed by atoms with E-state index < -0.39 is 0 Å². The average molecular weight is 339 g/mol. The summed E-state index contributed by atoms with van der Waals surface area (Å²) < 4.78 is 1.14. The van der Waals surface area contributed by atoms with Gasteiger partial charge in [-0.25, -0.2) is 0 Å². The molecule has 1 heterocycles. The van der Waals surface area contributed by atoms with E-state index in [4.69, 9.17) is 5.73 Å². The molecule has 0 aromatic heterocycles. The zero-order valence-electron chi connectivity index (χ0n) is 12.9. The topological polar surface area (TPSA) is 29.3 Å². The van der Waals surface area contributed by atoms with E-state index in [1.54, 1.807) is 0 Å². The minimum absolute atomic E-state index is 0.0662. The Kier molecular flexibility index (Phi) is 5.27. The predicted octanol–water partition coefficient (Wildman–Crippen LogP) is 3.69. The van der Waals surface area contributed by atoms with Gasteiger partial charge in [-0.3, -0.25) is 4.90 Å². The average Bonchev–Trinajstić information content (AvgIpc) is 2.40. The number of rotatable bonds is 4. The van der Waals surface area contributed by atoms with E-state index in [0.717, 1.165) is 22.7 Å². The van der Waals surface area contributed by atoms with Crippen molar-refractivity contribution < 1.29 is 0 Å². The molecule has 2 N–H and O–H groups in total. The lowest BCUT2D eigenvalue weighted by Gasteiger charge is -2.46. The second-order valence-electron chi connectivity index (χ2n) is 6.86. The molecule has 3 heteroatoms. The normalized spacial score (nSPS) is 27.2. The van der Waals surface area contributed by atoms with Gasteiger partial charge in [0.2, 0.25) is 0 Å². The first-order valence-corrected chi connectivity index (χ1v) is 8.42. The van der Waals surface area contributed by atoms with Gasteiger partial charge in [0.15, 0.2) is 0 Å². The van der Waals surface area contributed by atoms with Gasteiger partial charge in [0, 0.05) is 29.6 Å². The first-order chi connectivity index (χ1) is 9.43. The molecule has 2 nitrogen and oxygen atoms in total. The highest BCUT2D eigenvalue weighted by atomic mass is 79.9. The molecule has 0 saturated carbocycles. The molecular weight excluding hydrogens is 312 g/mol. The van der Waals surface area contributed by atoms with E-state index in [1.165, 1.54) is 25.1 Å². The summed E-state index contributed by atoms with van der Waals surface area (Å²) >= 11 is 3.50. The monoisotopic (exact) mass is 338 g/mol. The zero-order valence-corrected chi connectivity index (χ0v) is 14.5. The summed E-state index contributed by atoms with van der Waals surface area (Å²) in [5.74, 6) is 1.55. The summed E-state index contributed by atoms with van der Waals surface area (Å²) in [6.45, 7) is 10.1. The lowest BCUT2D eigenvalue weighted by Crippen LogP contribution is -2.57. The molecule has 1 aromatic carbocycles. The molecule has 3 atom stereocenters. The Labute approximate surface area is 131 Å². The summed E-state index contributed by atoms with van der Waals surface area (Å²) in [5, 5.41) is 0. The molecule has 1 aliphatic rings. The van der Waals surface area contributed by atoms with Crippen molar-refractivity contribution in [2.45, 2.75) is 39.2 Å². The molecule has 1 aromatic rings. The van der Waals surface area contributed by atoms with Gasteiger partial charge >= 0.3 is 0 Å². The minimum Gasteiger partial charge on any atom is -0.329 e. The molecule has 0 amide bonds. The summed E-state index contributed by atoms with van der Waals surface area (Å²) in [6, 6.07) is 8.64. The summed E-state index contributed by atoms with van der Waals surface area (Å²) in [6.07, 6.45) is 2.37. The zero-order chi connectivity index (χ0) is 14.8. The molecule has 0 bridgehead atoms. The standard InChI is InChI=1S/C17H27BrN2/c1-13-8-14(2)11-20(10-13)17(3,12-19)9-15-4-6-16(18)7-5-15/h4-7,13-14H,8-12,19H2,1-3H3. The maximum Gasteiger partial charge on any atom is 0.0344 e. The third kappa shape index (κ3) is 3.84. The van der Waals surface area contributed by atoms with Crippen LogP contribution in [0.1, 0.15) is 32.8 Å². The van der Waals surface area contributed by atoms with E-state index in [-0.39, 0.29) is 5.54 Å². The summed E-state index contributed by atoms with van der Waals surface area (Å²) in [5.41, 5.74) is 7.59. The predicted molar refractivity (Wildman–Crippen MR) is 89.8 cm³/mol. The number of likely N-dealkylation sites (tertiary alicyclic amines) is 1. The Hall–Kier alpha value is -0.380. The highest BCUT2D eigenvalue weighted by Gasteiger charge is 2.35. The van der Waals surface area contributed by atoms with Crippen molar-refractivity contribution in [3.05, 3.63) is 34.3 Å². The van der Waals surface area contributed by atoms with Crippen LogP contribution in [-0.2, 0) is 6.42 Å². The fourth-order valence-corrected chi connectivity index (χ4v) is 3.72. The molecule has 0 aliphatic carbocycles. The Bertz CT molecular complexity index is 421. The minimum atomic E-state index is 0.0662. The maximum atomic E-state index is 6.16. The fraction of sp³-hybridized carbons (Fsp3) is 0.647. The van der Waals surface area contributed by atoms with Crippen molar-refractivity contribution >= 4 is 15.9 Å². The van der Waals surface area contributed by atoms with E-state index in [2.05, 4.69) is 65.9 Å². The van der Waals surface area contributed by atoms with Gasteiger partial charge in [-0.05, 0) is 49.3 Å². The van der Waals surface area contributed by atoms with E-state index in [1.807, 2.05) is 0 Å². The molecule has 0 radical (unpaired) electrons. The summed E-state index contributed by atoms with van der Waals surface area (Å²) in [4.78, 5) is 2.62. The molecule has 20 heavy (non-hydrogen) atoms. The van der Waals surface area contributed by atoms with Crippen molar-refractivity contribution in [2.75, 3.05) is 19.6 Å². The number of nitrogens with zero attached hydrogens (tertiary/aromatic N) is 1. The third-order valence-corrected chi connectivity index (χ3v) is 5.10. The number of halogens is 1. The number of hydrogen-bond acceptors (Lipinski definition) is 2. The highest BCUT2D eigenvalue weighted by molar-refractivity contribution is 9.10. The van der Waals surface area contributed by atoms with Crippen molar-refractivity contribution in [1.29, 1.82) is 0 Å². The summed E-state index contributed by atoms with van der Waals surface area (Å²) in [7, 11) is 0. The van der Waals surface area contributed by atoms with Crippen LogP contribution in [0, 0.1) is 11.8 Å². The van der Waals surface area contributed by atoms with Gasteiger partial charge in [-0.1, -0.05) is 41.9 Å². The number of nitrogens with two attached hydrogens (primary N) is 1. The Morgan fingerprint density at radius 3 is 2.25 bits per heavy atom. The van der Waals surface area contributed by atoms with Crippen LogP contribution < -0.4 is 5.73 Å². The van der Waals surface area contributed by atoms with Crippen LogP contribution >= 0.6 is 15.9 Å². The van der Waals surface area contributed by atoms with Gasteiger partial charge < -0.3 is 5.73 Å². The largest absolute Gasteiger partial charge is 0.329 e.